The Morgan fingerprint density at radius 3 is 2.19 bits per heavy atom. The third-order valence-electron chi connectivity index (χ3n) is 4.71. The second-order valence-electron chi connectivity index (χ2n) is 6.61. The molecule has 0 saturated carbocycles. The molecule has 0 aliphatic carbocycles. The molecule has 0 saturated heterocycles. The maximum atomic E-state index is 13.5. The summed E-state index contributed by atoms with van der Waals surface area (Å²) in [4.78, 5) is 25.2. The molecule has 0 radical (unpaired) electrons. The molecular formula is C21H21F2N3O5. The fourth-order valence-electron chi connectivity index (χ4n) is 3.29. The Hall–Kier alpha value is -3.82. The highest BCUT2D eigenvalue weighted by atomic mass is 19.2. The van der Waals surface area contributed by atoms with Crippen molar-refractivity contribution in [3.05, 3.63) is 58.8 Å². The van der Waals surface area contributed by atoms with E-state index in [-0.39, 0.29) is 11.3 Å². The van der Waals surface area contributed by atoms with Gasteiger partial charge >= 0.3 is 6.03 Å². The molecule has 2 aromatic carbocycles. The van der Waals surface area contributed by atoms with Crippen molar-refractivity contribution in [2.45, 2.75) is 13.0 Å². The number of nitrogens with one attached hydrogen (secondary N) is 3. The molecule has 0 bridgehead atoms. The lowest BCUT2D eigenvalue weighted by molar-refractivity contribution is -0.113. The summed E-state index contributed by atoms with van der Waals surface area (Å²) in [7, 11) is 4.34. The molecule has 1 aliphatic heterocycles. The highest BCUT2D eigenvalue weighted by Crippen LogP contribution is 2.41. The second-order valence-corrected chi connectivity index (χ2v) is 6.61. The van der Waals surface area contributed by atoms with Crippen LogP contribution < -0.4 is 30.2 Å². The van der Waals surface area contributed by atoms with E-state index in [2.05, 4.69) is 16.0 Å². The molecule has 0 unspecified atom stereocenters. The average molecular weight is 433 g/mol. The summed E-state index contributed by atoms with van der Waals surface area (Å²) in [6, 6.07) is 4.82. The van der Waals surface area contributed by atoms with Crippen LogP contribution in [-0.2, 0) is 4.79 Å². The highest BCUT2D eigenvalue weighted by Gasteiger charge is 2.32. The van der Waals surface area contributed by atoms with Crippen LogP contribution >= 0.6 is 0 Å². The SMILES string of the molecule is COc1cc([C@@H]2NC(=O)NC(C)=C2C(=O)Nc2ccc(F)c(F)c2)cc(OC)c1OC. The van der Waals surface area contributed by atoms with Crippen LogP contribution in [0.3, 0.4) is 0 Å². The van der Waals surface area contributed by atoms with E-state index in [1.165, 1.54) is 27.4 Å². The van der Waals surface area contributed by atoms with Gasteiger partial charge in [0.2, 0.25) is 5.75 Å². The van der Waals surface area contributed by atoms with Gasteiger partial charge in [0, 0.05) is 17.5 Å². The quantitative estimate of drug-likeness (QED) is 0.650. The predicted octanol–water partition coefficient (Wildman–Crippen LogP) is 3.26. The molecule has 2 aromatic rings. The van der Waals surface area contributed by atoms with Gasteiger partial charge in [0.1, 0.15) is 0 Å². The van der Waals surface area contributed by atoms with Crippen LogP contribution in [0.15, 0.2) is 41.6 Å². The average Bonchev–Trinajstić information content (AvgIpc) is 2.74. The normalized spacial score (nSPS) is 15.7. The third kappa shape index (κ3) is 4.37. The van der Waals surface area contributed by atoms with Crippen LogP contribution in [0.2, 0.25) is 0 Å². The number of benzene rings is 2. The van der Waals surface area contributed by atoms with E-state index in [1.54, 1.807) is 19.1 Å². The van der Waals surface area contributed by atoms with E-state index in [9.17, 15) is 18.4 Å². The van der Waals surface area contributed by atoms with Crippen molar-refractivity contribution in [1.82, 2.24) is 10.6 Å². The zero-order valence-corrected chi connectivity index (χ0v) is 17.3. The van der Waals surface area contributed by atoms with Gasteiger partial charge in [-0.15, -0.1) is 0 Å². The number of hydrogen-bond donors (Lipinski definition) is 3. The van der Waals surface area contributed by atoms with Crippen molar-refractivity contribution in [2.24, 2.45) is 0 Å². The first-order chi connectivity index (χ1) is 14.8. The predicted molar refractivity (Wildman–Crippen MR) is 108 cm³/mol. The molecule has 1 aliphatic rings. The molecule has 0 spiro atoms. The molecule has 8 nitrogen and oxygen atoms in total. The Morgan fingerprint density at radius 1 is 1.00 bits per heavy atom. The van der Waals surface area contributed by atoms with Crippen LogP contribution in [-0.4, -0.2) is 33.3 Å². The number of carbonyl (C=O) groups excluding carboxylic acids is 2. The lowest BCUT2D eigenvalue weighted by Crippen LogP contribution is -2.46. The molecule has 0 aromatic heterocycles. The Labute approximate surface area is 177 Å². The summed E-state index contributed by atoms with van der Waals surface area (Å²) in [5.74, 6) is -1.72. The summed E-state index contributed by atoms with van der Waals surface area (Å²) >= 11 is 0. The largest absolute Gasteiger partial charge is 0.493 e. The molecule has 3 amide bonds. The lowest BCUT2D eigenvalue weighted by atomic mass is 9.94. The first kappa shape index (κ1) is 21.9. The van der Waals surface area contributed by atoms with Crippen LogP contribution in [0.25, 0.3) is 0 Å². The lowest BCUT2D eigenvalue weighted by Gasteiger charge is -2.29. The van der Waals surface area contributed by atoms with E-state index in [4.69, 9.17) is 14.2 Å². The van der Waals surface area contributed by atoms with E-state index >= 15 is 0 Å². The molecule has 1 atom stereocenters. The van der Waals surface area contributed by atoms with Crippen molar-refractivity contribution in [3.8, 4) is 17.2 Å². The molecule has 164 valence electrons. The number of carbonyl (C=O) groups is 2. The zero-order valence-electron chi connectivity index (χ0n) is 17.3. The summed E-state index contributed by atoms with van der Waals surface area (Å²) in [6.45, 7) is 1.56. The summed E-state index contributed by atoms with van der Waals surface area (Å²) in [5, 5.41) is 7.75. The first-order valence-electron chi connectivity index (χ1n) is 9.13. The number of anilines is 1. The third-order valence-corrected chi connectivity index (χ3v) is 4.71. The van der Waals surface area contributed by atoms with Crippen LogP contribution in [0.1, 0.15) is 18.5 Å². The minimum atomic E-state index is -1.10. The number of rotatable bonds is 6. The number of urea groups is 1. The van der Waals surface area contributed by atoms with Gasteiger partial charge in [-0.1, -0.05) is 0 Å². The smallest absolute Gasteiger partial charge is 0.319 e. The molecule has 1 heterocycles. The molecular weight excluding hydrogens is 412 g/mol. The molecule has 3 N–H and O–H groups in total. The maximum absolute atomic E-state index is 13.5. The van der Waals surface area contributed by atoms with Gasteiger partial charge in [0.25, 0.3) is 5.91 Å². The van der Waals surface area contributed by atoms with Crippen LogP contribution in [0, 0.1) is 11.6 Å². The topological polar surface area (TPSA) is 97.9 Å². The Morgan fingerprint density at radius 2 is 1.65 bits per heavy atom. The van der Waals surface area contributed by atoms with E-state index in [0.29, 0.717) is 28.5 Å². The van der Waals surface area contributed by atoms with Crippen molar-refractivity contribution >= 4 is 17.6 Å². The standard InChI is InChI=1S/C21H21F2N3O5/c1-10-17(20(27)25-12-5-6-13(22)14(23)9-12)18(26-21(28)24-10)11-7-15(29-2)19(31-4)16(8-11)30-3/h5-9,18H,1-4H3,(H,25,27)(H2,24,26,28)/t18-/m0/s1. The van der Waals surface area contributed by atoms with Crippen molar-refractivity contribution in [2.75, 3.05) is 26.6 Å². The van der Waals surface area contributed by atoms with Crippen molar-refractivity contribution in [3.63, 3.8) is 0 Å². The Kier molecular flexibility index (Phi) is 6.28. The van der Waals surface area contributed by atoms with Gasteiger partial charge in [0.05, 0.1) is 32.9 Å². The number of hydrogen-bond acceptors (Lipinski definition) is 5. The minimum absolute atomic E-state index is 0.0599. The second kappa shape index (κ2) is 8.90. The number of halogens is 2. The van der Waals surface area contributed by atoms with Gasteiger partial charge in [-0.3, -0.25) is 4.79 Å². The number of methoxy groups -OCH3 is 3. The summed E-state index contributed by atoms with van der Waals surface area (Å²) in [6.07, 6.45) is 0. The van der Waals surface area contributed by atoms with Gasteiger partial charge < -0.3 is 30.2 Å². The fraction of sp³-hybridized carbons (Fsp3) is 0.238. The number of allylic oxidation sites excluding steroid dienone is 1. The minimum Gasteiger partial charge on any atom is -0.493 e. The monoisotopic (exact) mass is 433 g/mol. The number of ether oxygens (including phenoxy) is 3. The first-order valence-corrected chi connectivity index (χ1v) is 9.13. The van der Waals surface area contributed by atoms with E-state index in [1.807, 2.05) is 0 Å². The molecule has 31 heavy (non-hydrogen) atoms. The van der Waals surface area contributed by atoms with E-state index < -0.39 is 29.6 Å². The van der Waals surface area contributed by atoms with Crippen LogP contribution in [0.5, 0.6) is 17.2 Å². The van der Waals surface area contributed by atoms with Gasteiger partial charge in [-0.05, 0) is 36.8 Å². The Bertz CT molecular complexity index is 1050. The summed E-state index contributed by atoms with van der Waals surface area (Å²) in [5.41, 5.74) is 1.00. The maximum Gasteiger partial charge on any atom is 0.319 e. The zero-order chi connectivity index (χ0) is 22.7. The van der Waals surface area contributed by atoms with Gasteiger partial charge in [-0.2, -0.15) is 0 Å². The fourth-order valence-corrected chi connectivity index (χ4v) is 3.29. The molecule has 10 heteroatoms. The van der Waals surface area contributed by atoms with Crippen molar-refractivity contribution < 1.29 is 32.6 Å². The number of amides is 3. The van der Waals surface area contributed by atoms with Gasteiger partial charge in [-0.25, -0.2) is 13.6 Å². The van der Waals surface area contributed by atoms with Crippen molar-refractivity contribution in [1.29, 1.82) is 0 Å². The molecule has 0 fully saturated rings. The molecule has 3 rings (SSSR count). The van der Waals surface area contributed by atoms with Crippen LogP contribution in [0.4, 0.5) is 19.3 Å². The highest BCUT2D eigenvalue weighted by molar-refractivity contribution is 6.06. The van der Waals surface area contributed by atoms with E-state index in [0.717, 1.165) is 12.1 Å². The summed E-state index contributed by atoms with van der Waals surface area (Å²) < 4.78 is 42.7. The Balaban J connectivity index is 2.04. The van der Waals surface area contributed by atoms with Gasteiger partial charge in [0.15, 0.2) is 23.1 Å².